The minimum atomic E-state index is -1.15. The van der Waals surface area contributed by atoms with Crippen LogP contribution in [0.25, 0.3) is 0 Å². The maximum absolute atomic E-state index is 11.7. The van der Waals surface area contributed by atoms with Gasteiger partial charge in [0.15, 0.2) is 12.4 Å². The van der Waals surface area contributed by atoms with Crippen molar-refractivity contribution in [2.75, 3.05) is 6.61 Å². The molecular formula is C14H18ClNO4. The highest BCUT2D eigenvalue weighted by Crippen LogP contribution is 2.28. The number of amides is 1. The number of rotatable bonds is 6. The summed E-state index contributed by atoms with van der Waals surface area (Å²) in [4.78, 5) is 22.7. The molecule has 0 saturated heterocycles. The molecule has 1 amide bonds. The summed E-state index contributed by atoms with van der Waals surface area (Å²) >= 11 is 5.89. The van der Waals surface area contributed by atoms with Gasteiger partial charge >= 0.3 is 5.97 Å². The summed E-state index contributed by atoms with van der Waals surface area (Å²) in [5.41, 5.74) is -0.0674. The number of carbonyl (C=O) groups is 2. The fourth-order valence-electron chi connectivity index (χ4n) is 1.42. The van der Waals surface area contributed by atoms with E-state index in [1.807, 2.05) is 20.8 Å². The van der Waals surface area contributed by atoms with Gasteiger partial charge in [-0.05, 0) is 25.0 Å². The van der Waals surface area contributed by atoms with Crippen molar-refractivity contribution in [1.29, 1.82) is 0 Å². The molecule has 2 N–H and O–H groups in total. The van der Waals surface area contributed by atoms with Crippen LogP contribution in [0.1, 0.15) is 31.1 Å². The highest BCUT2D eigenvalue weighted by molar-refractivity contribution is 6.32. The van der Waals surface area contributed by atoms with Crippen LogP contribution in [0.2, 0.25) is 5.02 Å². The lowest BCUT2D eigenvalue weighted by Crippen LogP contribution is -2.39. The first-order chi connectivity index (χ1) is 9.32. The smallest absolute Gasteiger partial charge is 0.339 e. The molecular weight excluding hydrogens is 282 g/mol. The summed E-state index contributed by atoms with van der Waals surface area (Å²) < 4.78 is 5.25. The Morgan fingerprint density at radius 2 is 2.00 bits per heavy atom. The van der Waals surface area contributed by atoms with Crippen LogP contribution in [0.15, 0.2) is 18.2 Å². The van der Waals surface area contributed by atoms with Crippen LogP contribution in [0.4, 0.5) is 0 Å². The molecule has 20 heavy (non-hydrogen) atoms. The van der Waals surface area contributed by atoms with Crippen LogP contribution in [0.5, 0.6) is 5.75 Å². The van der Waals surface area contributed by atoms with E-state index in [1.54, 1.807) is 0 Å². The number of hydrogen-bond acceptors (Lipinski definition) is 3. The largest absolute Gasteiger partial charge is 0.481 e. The Kier molecular flexibility index (Phi) is 5.82. The summed E-state index contributed by atoms with van der Waals surface area (Å²) in [5.74, 6) is -1.16. The second kappa shape index (κ2) is 7.14. The number of nitrogens with one attached hydrogen (secondary N) is 1. The fourth-order valence-corrected chi connectivity index (χ4v) is 1.65. The number of ether oxygens (including phenoxy) is 1. The van der Waals surface area contributed by atoms with Crippen molar-refractivity contribution >= 4 is 23.5 Å². The number of hydrogen-bond donors (Lipinski definition) is 2. The lowest BCUT2D eigenvalue weighted by atomic mass is 10.1. The quantitative estimate of drug-likeness (QED) is 0.846. The number of halogens is 1. The third-order valence-corrected chi connectivity index (χ3v) is 3.23. The van der Waals surface area contributed by atoms with Gasteiger partial charge in [-0.1, -0.05) is 31.5 Å². The van der Waals surface area contributed by atoms with Crippen molar-refractivity contribution in [3.63, 3.8) is 0 Å². The van der Waals surface area contributed by atoms with E-state index < -0.39 is 5.97 Å². The third-order valence-electron chi connectivity index (χ3n) is 2.93. The van der Waals surface area contributed by atoms with E-state index in [2.05, 4.69) is 5.32 Å². The van der Waals surface area contributed by atoms with Crippen LogP contribution >= 0.6 is 11.6 Å². The average Bonchev–Trinajstić information content (AvgIpc) is 2.36. The van der Waals surface area contributed by atoms with Crippen LogP contribution < -0.4 is 10.1 Å². The van der Waals surface area contributed by atoms with Crippen molar-refractivity contribution < 1.29 is 19.4 Å². The van der Waals surface area contributed by atoms with Crippen LogP contribution in [-0.2, 0) is 4.79 Å². The first kappa shape index (κ1) is 16.3. The average molecular weight is 300 g/mol. The molecule has 0 heterocycles. The van der Waals surface area contributed by atoms with Gasteiger partial charge in [-0.3, -0.25) is 4.79 Å². The molecule has 1 rings (SSSR count). The second-order valence-corrected chi connectivity index (χ2v) is 5.22. The Morgan fingerprint density at radius 3 is 2.55 bits per heavy atom. The first-order valence-corrected chi connectivity index (χ1v) is 6.64. The number of aromatic carboxylic acids is 1. The van der Waals surface area contributed by atoms with Gasteiger partial charge in [0.25, 0.3) is 5.91 Å². The molecule has 0 aliphatic carbocycles. The fraction of sp³-hybridized carbons (Fsp3) is 0.429. The topological polar surface area (TPSA) is 75.6 Å². The summed E-state index contributed by atoms with van der Waals surface area (Å²) in [6.45, 7) is 5.59. The van der Waals surface area contributed by atoms with Crippen molar-refractivity contribution in [2.24, 2.45) is 5.92 Å². The zero-order valence-corrected chi connectivity index (χ0v) is 12.4. The predicted molar refractivity (Wildman–Crippen MR) is 76.3 cm³/mol. The molecule has 1 aromatic carbocycles. The van der Waals surface area contributed by atoms with Gasteiger partial charge in [0.1, 0.15) is 5.56 Å². The lowest BCUT2D eigenvalue weighted by Gasteiger charge is -2.18. The molecule has 6 heteroatoms. The number of para-hydroxylation sites is 1. The van der Waals surface area contributed by atoms with Crippen molar-refractivity contribution in [3.8, 4) is 5.75 Å². The second-order valence-electron chi connectivity index (χ2n) is 4.81. The van der Waals surface area contributed by atoms with E-state index in [0.717, 1.165) is 0 Å². The van der Waals surface area contributed by atoms with Gasteiger partial charge in [-0.25, -0.2) is 4.79 Å². The summed E-state index contributed by atoms with van der Waals surface area (Å²) in [6.07, 6.45) is 0. The number of benzene rings is 1. The van der Waals surface area contributed by atoms with Crippen molar-refractivity contribution in [2.45, 2.75) is 26.8 Å². The van der Waals surface area contributed by atoms with E-state index in [4.69, 9.17) is 21.4 Å². The SMILES string of the molecule is CC(C)C(C)NC(=O)COc1c(Cl)cccc1C(=O)O. The van der Waals surface area contributed by atoms with Crippen LogP contribution in [0, 0.1) is 5.92 Å². The Morgan fingerprint density at radius 1 is 1.35 bits per heavy atom. The Labute approximate surface area is 122 Å². The molecule has 1 unspecified atom stereocenters. The molecule has 1 atom stereocenters. The number of carboxylic acid groups (broad SMARTS) is 1. The summed E-state index contributed by atoms with van der Waals surface area (Å²) in [5, 5.41) is 12.0. The third kappa shape index (κ3) is 4.42. The molecule has 110 valence electrons. The standard InChI is InChI=1S/C14H18ClNO4/c1-8(2)9(3)16-12(17)7-20-13-10(14(18)19)5-4-6-11(13)15/h4-6,8-9H,7H2,1-3H3,(H,16,17)(H,18,19). The van der Waals surface area contributed by atoms with Gasteiger partial charge in [-0.2, -0.15) is 0 Å². The molecule has 1 aromatic rings. The normalized spacial score (nSPS) is 12.1. The number of carbonyl (C=O) groups excluding carboxylic acids is 1. The zero-order chi connectivity index (χ0) is 15.3. The van der Waals surface area contributed by atoms with Gasteiger partial charge in [0, 0.05) is 6.04 Å². The molecule has 0 radical (unpaired) electrons. The minimum Gasteiger partial charge on any atom is -0.481 e. The molecule has 0 aliphatic rings. The number of carboxylic acids is 1. The maximum atomic E-state index is 11.7. The first-order valence-electron chi connectivity index (χ1n) is 6.27. The summed E-state index contributed by atoms with van der Waals surface area (Å²) in [6, 6.07) is 4.41. The highest BCUT2D eigenvalue weighted by Gasteiger charge is 2.17. The van der Waals surface area contributed by atoms with Gasteiger partial charge < -0.3 is 15.2 Å². The van der Waals surface area contributed by atoms with Crippen molar-refractivity contribution in [3.05, 3.63) is 28.8 Å². The maximum Gasteiger partial charge on any atom is 0.339 e. The highest BCUT2D eigenvalue weighted by atomic mass is 35.5. The molecule has 0 saturated carbocycles. The van der Waals surface area contributed by atoms with Crippen molar-refractivity contribution in [1.82, 2.24) is 5.32 Å². The Hall–Kier alpha value is -1.75. The van der Waals surface area contributed by atoms with E-state index in [-0.39, 0.29) is 34.9 Å². The Balaban J connectivity index is 2.71. The minimum absolute atomic E-state index is 0.00835. The van der Waals surface area contributed by atoms with Gasteiger partial charge in [-0.15, -0.1) is 0 Å². The molecule has 0 spiro atoms. The van der Waals surface area contributed by atoms with E-state index in [9.17, 15) is 9.59 Å². The molecule has 5 nitrogen and oxygen atoms in total. The molecule has 0 aromatic heterocycles. The monoisotopic (exact) mass is 299 g/mol. The van der Waals surface area contributed by atoms with E-state index in [0.29, 0.717) is 5.92 Å². The molecule has 0 bridgehead atoms. The van der Waals surface area contributed by atoms with E-state index in [1.165, 1.54) is 18.2 Å². The van der Waals surface area contributed by atoms with E-state index >= 15 is 0 Å². The molecule has 0 fully saturated rings. The molecule has 0 aliphatic heterocycles. The zero-order valence-electron chi connectivity index (χ0n) is 11.6. The predicted octanol–water partition coefficient (Wildman–Crippen LogP) is 2.58. The summed E-state index contributed by atoms with van der Waals surface area (Å²) in [7, 11) is 0. The van der Waals surface area contributed by atoms with Crippen LogP contribution in [-0.4, -0.2) is 29.6 Å². The van der Waals surface area contributed by atoms with Crippen LogP contribution in [0.3, 0.4) is 0 Å². The Bertz CT molecular complexity index is 502. The van der Waals surface area contributed by atoms with Gasteiger partial charge in [0.05, 0.1) is 5.02 Å². The lowest BCUT2D eigenvalue weighted by molar-refractivity contribution is -0.124. The van der Waals surface area contributed by atoms with Gasteiger partial charge in [0.2, 0.25) is 0 Å².